The van der Waals surface area contributed by atoms with Crippen molar-refractivity contribution < 1.29 is 24.3 Å². The Kier molecular flexibility index (Phi) is 4.26. The van der Waals surface area contributed by atoms with Gasteiger partial charge in [0.15, 0.2) is 6.29 Å². The topological polar surface area (TPSA) is 84.9 Å². The molecule has 0 aromatic heterocycles. The number of carbonyl (C=O) groups is 2. The van der Waals surface area contributed by atoms with Crippen molar-refractivity contribution >= 4 is 11.9 Å². The van der Waals surface area contributed by atoms with E-state index in [1.807, 2.05) is 0 Å². The first-order valence-corrected chi connectivity index (χ1v) is 5.25. The third kappa shape index (κ3) is 3.18. The molecule has 1 aliphatic heterocycles. The quantitative estimate of drug-likeness (QED) is 0.548. The maximum absolute atomic E-state index is 11.5. The molecule has 1 unspecified atom stereocenters. The summed E-state index contributed by atoms with van der Waals surface area (Å²) in [6.45, 7) is 3.23. The monoisotopic (exact) mass is 231 g/mol. The van der Waals surface area contributed by atoms with Crippen molar-refractivity contribution in [3.05, 3.63) is 0 Å². The number of carboxylic acids is 1. The zero-order valence-electron chi connectivity index (χ0n) is 9.49. The molecule has 0 aliphatic carbocycles. The first kappa shape index (κ1) is 12.9. The number of hydroxylamine groups is 1. The maximum atomic E-state index is 11.5. The van der Waals surface area contributed by atoms with Crippen LogP contribution in [0.5, 0.6) is 0 Å². The number of ether oxygens (including phenoxy) is 1. The van der Waals surface area contributed by atoms with E-state index < -0.39 is 23.6 Å². The average molecular weight is 231 g/mol. The lowest BCUT2D eigenvalue weighted by Crippen LogP contribution is -2.44. The van der Waals surface area contributed by atoms with Gasteiger partial charge in [0.25, 0.3) is 5.91 Å². The highest BCUT2D eigenvalue weighted by atomic mass is 16.8. The number of amides is 1. The van der Waals surface area contributed by atoms with E-state index in [1.165, 1.54) is 13.8 Å². The highest BCUT2D eigenvalue weighted by molar-refractivity contribution is 6.00. The molecule has 0 saturated carbocycles. The minimum Gasteiger partial charge on any atom is -0.480 e. The fraction of sp³-hybridized carbons (Fsp3) is 0.800. The van der Waals surface area contributed by atoms with Crippen molar-refractivity contribution in [2.75, 3.05) is 6.61 Å². The highest BCUT2D eigenvalue weighted by Gasteiger charge is 2.36. The summed E-state index contributed by atoms with van der Waals surface area (Å²) in [6.07, 6.45) is 2.19. The van der Waals surface area contributed by atoms with Gasteiger partial charge in [-0.3, -0.25) is 9.59 Å². The first-order chi connectivity index (χ1) is 7.44. The summed E-state index contributed by atoms with van der Waals surface area (Å²) >= 11 is 0. The number of aliphatic carboxylic acids is 1. The van der Waals surface area contributed by atoms with Crippen molar-refractivity contribution in [1.82, 2.24) is 5.48 Å². The molecule has 6 heteroatoms. The minimum atomic E-state index is -1.51. The Morgan fingerprint density at radius 2 is 2.12 bits per heavy atom. The summed E-state index contributed by atoms with van der Waals surface area (Å²) in [5.41, 5.74) is 0.624. The lowest BCUT2D eigenvalue weighted by atomic mass is 9.93. The predicted molar refractivity (Wildman–Crippen MR) is 54.2 cm³/mol. The summed E-state index contributed by atoms with van der Waals surface area (Å²) < 4.78 is 5.22. The SMILES string of the molecule is CC(C)(C(=O)O)C(=O)NOC1CCCCO1. The molecule has 0 bridgehead atoms. The Morgan fingerprint density at radius 3 is 2.62 bits per heavy atom. The molecule has 1 aliphatic rings. The van der Waals surface area contributed by atoms with Gasteiger partial charge in [0, 0.05) is 13.0 Å². The van der Waals surface area contributed by atoms with Crippen LogP contribution in [0.15, 0.2) is 0 Å². The molecule has 2 N–H and O–H groups in total. The van der Waals surface area contributed by atoms with E-state index >= 15 is 0 Å². The number of carbonyl (C=O) groups excluding carboxylic acids is 1. The van der Waals surface area contributed by atoms with E-state index in [-0.39, 0.29) is 0 Å². The van der Waals surface area contributed by atoms with Crippen LogP contribution in [-0.2, 0) is 19.2 Å². The van der Waals surface area contributed by atoms with Crippen molar-refractivity contribution in [3.8, 4) is 0 Å². The van der Waals surface area contributed by atoms with Crippen LogP contribution in [-0.4, -0.2) is 29.9 Å². The van der Waals surface area contributed by atoms with Gasteiger partial charge in [0.2, 0.25) is 0 Å². The summed E-state index contributed by atoms with van der Waals surface area (Å²) in [5, 5.41) is 8.80. The van der Waals surface area contributed by atoms with Gasteiger partial charge in [0.1, 0.15) is 5.41 Å². The number of hydrogen-bond donors (Lipinski definition) is 2. The lowest BCUT2D eigenvalue weighted by molar-refractivity contribution is -0.205. The lowest BCUT2D eigenvalue weighted by Gasteiger charge is -2.24. The normalized spacial score (nSPS) is 21.5. The van der Waals surface area contributed by atoms with Gasteiger partial charge in [-0.05, 0) is 26.7 Å². The molecule has 1 fully saturated rings. The fourth-order valence-corrected chi connectivity index (χ4v) is 1.15. The zero-order valence-corrected chi connectivity index (χ0v) is 9.49. The molecule has 0 aromatic rings. The molecule has 16 heavy (non-hydrogen) atoms. The maximum Gasteiger partial charge on any atom is 0.318 e. The standard InChI is InChI=1S/C10H17NO5/c1-10(2,9(13)14)8(12)11-16-7-5-3-4-6-15-7/h7H,3-6H2,1-2H3,(H,11,12)(H,13,14). The molecule has 0 radical (unpaired) electrons. The molecule has 1 rings (SSSR count). The summed E-state index contributed by atoms with van der Waals surface area (Å²) in [4.78, 5) is 27.2. The van der Waals surface area contributed by atoms with E-state index in [4.69, 9.17) is 14.7 Å². The molecular weight excluding hydrogens is 214 g/mol. The van der Waals surface area contributed by atoms with E-state index in [9.17, 15) is 9.59 Å². The van der Waals surface area contributed by atoms with Crippen molar-refractivity contribution in [2.24, 2.45) is 5.41 Å². The van der Waals surface area contributed by atoms with Crippen molar-refractivity contribution in [3.63, 3.8) is 0 Å². The van der Waals surface area contributed by atoms with Crippen LogP contribution in [0.25, 0.3) is 0 Å². The molecule has 1 atom stereocenters. The van der Waals surface area contributed by atoms with Crippen LogP contribution in [0, 0.1) is 5.41 Å². The fourth-order valence-electron chi connectivity index (χ4n) is 1.15. The van der Waals surface area contributed by atoms with Gasteiger partial charge >= 0.3 is 5.97 Å². The summed E-state index contributed by atoms with van der Waals surface area (Å²) in [5.74, 6) is -1.88. The second kappa shape index (κ2) is 5.27. The molecule has 0 spiro atoms. The van der Waals surface area contributed by atoms with Gasteiger partial charge in [-0.1, -0.05) is 0 Å². The first-order valence-electron chi connectivity index (χ1n) is 5.25. The Hall–Kier alpha value is -1.14. The van der Waals surface area contributed by atoms with Gasteiger partial charge in [-0.25, -0.2) is 10.3 Å². The van der Waals surface area contributed by atoms with E-state index in [0.717, 1.165) is 12.8 Å². The third-order valence-electron chi connectivity index (χ3n) is 2.52. The minimum absolute atomic E-state index is 0.470. The molecule has 1 amide bonds. The van der Waals surface area contributed by atoms with E-state index in [0.29, 0.717) is 13.0 Å². The Morgan fingerprint density at radius 1 is 1.44 bits per heavy atom. The van der Waals surface area contributed by atoms with Crippen LogP contribution in [0.2, 0.25) is 0 Å². The van der Waals surface area contributed by atoms with Crippen LogP contribution in [0.4, 0.5) is 0 Å². The van der Waals surface area contributed by atoms with Crippen LogP contribution < -0.4 is 5.48 Å². The number of carboxylic acid groups (broad SMARTS) is 1. The summed E-state index contributed by atoms with van der Waals surface area (Å²) in [7, 11) is 0. The Labute approximate surface area is 93.9 Å². The van der Waals surface area contributed by atoms with Gasteiger partial charge in [-0.15, -0.1) is 0 Å². The van der Waals surface area contributed by atoms with Gasteiger partial charge in [0.05, 0.1) is 0 Å². The van der Waals surface area contributed by atoms with Crippen molar-refractivity contribution in [1.29, 1.82) is 0 Å². The van der Waals surface area contributed by atoms with Gasteiger partial charge < -0.3 is 9.84 Å². The highest BCUT2D eigenvalue weighted by Crippen LogP contribution is 2.16. The van der Waals surface area contributed by atoms with Crippen molar-refractivity contribution in [2.45, 2.75) is 39.4 Å². The second-order valence-electron chi connectivity index (χ2n) is 4.28. The Balaban J connectivity index is 2.37. The third-order valence-corrected chi connectivity index (χ3v) is 2.52. The molecule has 0 aromatic carbocycles. The molecule has 1 heterocycles. The van der Waals surface area contributed by atoms with Crippen LogP contribution in [0.3, 0.4) is 0 Å². The number of nitrogens with one attached hydrogen (secondary N) is 1. The van der Waals surface area contributed by atoms with Crippen LogP contribution in [0.1, 0.15) is 33.1 Å². The van der Waals surface area contributed by atoms with E-state index in [1.54, 1.807) is 0 Å². The summed E-state index contributed by atoms with van der Waals surface area (Å²) in [6, 6.07) is 0. The number of hydrogen-bond acceptors (Lipinski definition) is 4. The molecular formula is C10H17NO5. The Bertz CT molecular complexity index is 270. The molecule has 6 nitrogen and oxygen atoms in total. The molecule has 1 saturated heterocycles. The molecule has 92 valence electrons. The largest absolute Gasteiger partial charge is 0.480 e. The second-order valence-corrected chi connectivity index (χ2v) is 4.28. The van der Waals surface area contributed by atoms with Crippen LogP contribution >= 0.6 is 0 Å². The number of rotatable bonds is 4. The van der Waals surface area contributed by atoms with E-state index in [2.05, 4.69) is 5.48 Å². The van der Waals surface area contributed by atoms with Gasteiger partial charge in [-0.2, -0.15) is 0 Å². The average Bonchev–Trinajstić information content (AvgIpc) is 2.27. The zero-order chi connectivity index (χ0) is 12.2. The smallest absolute Gasteiger partial charge is 0.318 e. The predicted octanol–water partition coefficient (Wildman–Crippen LogP) is 0.672.